The highest BCUT2D eigenvalue weighted by atomic mass is 35.5. The van der Waals surface area contributed by atoms with Crippen LogP contribution in [0.25, 0.3) is 0 Å². The van der Waals surface area contributed by atoms with Gasteiger partial charge in [-0.2, -0.15) is 0 Å². The first-order valence-electron chi connectivity index (χ1n) is 6.93. The molecule has 0 radical (unpaired) electrons. The first-order valence-corrected chi connectivity index (χ1v) is 6.93. The Morgan fingerprint density at radius 2 is 0.958 bits per heavy atom. The molecule has 0 aliphatic carbocycles. The summed E-state index contributed by atoms with van der Waals surface area (Å²) in [6, 6.07) is 14.9. The lowest BCUT2D eigenvalue weighted by atomic mass is 10.2. The highest BCUT2D eigenvalue weighted by Crippen LogP contribution is 2.10. The van der Waals surface area contributed by atoms with Crippen LogP contribution in [0.2, 0.25) is 0 Å². The molecule has 6 nitrogen and oxygen atoms in total. The number of hydrogen-bond donors (Lipinski definition) is 6. The highest BCUT2D eigenvalue weighted by molar-refractivity contribution is 5.95. The standard InChI is InChI=1S/C16H20N6.2ClH/c17-15(18)11-1-5-13(6-2-11)21-9-10-22-14-7-3-12(4-8-14)16(19)20;;/h1-8,21-22H,9-10H2,(H3,17,18)(H3,19,20);2*1H. The number of nitrogens with two attached hydrogens (primary N) is 2. The molecule has 0 fully saturated rings. The molecule has 0 saturated carbocycles. The van der Waals surface area contributed by atoms with Crippen LogP contribution >= 0.6 is 24.8 Å². The Morgan fingerprint density at radius 3 is 1.21 bits per heavy atom. The maximum atomic E-state index is 7.34. The zero-order valence-corrected chi connectivity index (χ0v) is 14.6. The van der Waals surface area contributed by atoms with Gasteiger partial charge in [-0.3, -0.25) is 10.8 Å². The van der Waals surface area contributed by atoms with Crippen molar-refractivity contribution in [3.8, 4) is 0 Å². The van der Waals surface area contributed by atoms with Gasteiger partial charge in [0.25, 0.3) is 0 Å². The van der Waals surface area contributed by atoms with E-state index in [1.807, 2.05) is 48.5 Å². The van der Waals surface area contributed by atoms with Crippen LogP contribution in [0.1, 0.15) is 11.1 Å². The molecule has 130 valence electrons. The summed E-state index contributed by atoms with van der Waals surface area (Å²) < 4.78 is 0. The van der Waals surface area contributed by atoms with Gasteiger partial charge in [-0.05, 0) is 48.5 Å². The minimum atomic E-state index is 0. The molecule has 0 amide bonds. The average molecular weight is 369 g/mol. The van der Waals surface area contributed by atoms with Crippen molar-refractivity contribution in [3.05, 3.63) is 59.7 Å². The molecular formula is C16H22Cl2N6. The minimum absolute atomic E-state index is 0. The molecule has 0 unspecified atom stereocenters. The van der Waals surface area contributed by atoms with Gasteiger partial charge in [0.15, 0.2) is 0 Å². The van der Waals surface area contributed by atoms with E-state index in [1.165, 1.54) is 0 Å². The molecule has 0 aromatic heterocycles. The highest BCUT2D eigenvalue weighted by Gasteiger charge is 1.98. The molecule has 8 heteroatoms. The minimum Gasteiger partial charge on any atom is -0.384 e. The molecule has 0 bridgehead atoms. The van der Waals surface area contributed by atoms with Crippen molar-refractivity contribution < 1.29 is 0 Å². The van der Waals surface area contributed by atoms with E-state index in [-0.39, 0.29) is 36.5 Å². The Morgan fingerprint density at radius 1 is 0.667 bits per heavy atom. The summed E-state index contributed by atoms with van der Waals surface area (Å²) in [5, 5.41) is 21.2. The summed E-state index contributed by atoms with van der Waals surface area (Å²) in [7, 11) is 0. The molecule has 2 rings (SSSR count). The number of nitrogen functional groups attached to an aromatic ring is 2. The van der Waals surface area contributed by atoms with E-state index in [4.69, 9.17) is 22.3 Å². The van der Waals surface area contributed by atoms with Crippen LogP contribution in [0.3, 0.4) is 0 Å². The van der Waals surface area contributed by atoms with E-state index in [2.05, 4.69) is 10.6 Å². The summed E-state index contributed by atoms with van der Waals surface area (Å²) >= 11 is 0. The van der Waals surface area contributed by atoms with Gasteiger partial charge in [-0.1, -0.05) is 0 Å². The van der Waals surface area contributed by atoms with Crippen molar-refractivity contribution in [2.75, 3.05) is 23.7 Å². The molecule has 0 heterocycles. The quantitative estimate of drug-likeness (QED) is 0.255. The fourth-order valence-electron chi connectivity index (χ4n) is 1.95. The van der Waals surface area contributed by atoms with E-state index in [1.54, 1.807) is 0 Å². The molecule has 0 atom stereocenters. The van der Waals surface area contributed by atoms with Gasteiger partial charge in [0, 0.05) is 35.6 Å². The largest absolute Gasteiger partial charge is 0.384 e. The predicted molar refractivity (Wildman–Crippen MR) is 106 cm³/mol. The number of anilines is 2. The smallest absolute Gasteiger partial charge is 0.122 e. The van der Waals surface area contributed by atoms with Crippen LogP contribution in [0.4, 0.5) is 11.4 Å². The van der Waals surface area contributed by atoms with E-state index < -0.39 is 0 Å². The van der Waals surface area contributed by atoms with E-state index in [0.29, 0.717) is 11.1 Å². The van der Waals surface area contributed by atoms with Gasteiger partial charge in [-0.15, -0.1) is 24.8 Å². The number of amidine groups is 2. The normalized spacial score (nSPS) is 9.17. The summed E-state index contributed by atoms with van der Waals surface area (Å²) in [6.45, 7) is 1.52. The van der Waals surface area contributed by atoms with E-state index in [9.17, 15) is 0 Å². The molecule has 0 aliphatic heterocycles. The number of hydrogen-bond acceptors (Lipinski definition) is 4. The Bertz CT molecular complexity index is 596. The van der Waals surface area contributed by atoms with Gasteiger partial charge in [0.05, 0.1) is 0 Å². The molecule has 0 spiro atoms. The Hall–Kier alpha value is -2.44. The molecule has 0 saturated heterocycles. The second-order valence-electron chi connectivity index (χ2n) is 4.84. The Kier molecular flexibility index (Phi) is 9.30. The van der Waals surface area contributed by atoms with Gasteiger partial charge >= 0.3 is 0 Å². The summed E-state index contributed by atoms with van der Waals surface area (Å²) in [5.41, 5.74) is 14.2. The van der Waals surface area contributed by atoms with Crippen molar-refractivity contribution in [1.82, 2.24) is 0 Å². The fourth-order valence-corrected chi connectivity index (χ4v) is 1.95. The van der Waals surface area contributed by atoms with E-state index >= 15 is 0 Å². The molecule has 2 aromatic carbocycles. The summed E-state index contributed by atoms with van der Waals surface area (Å²) in [6.07, 6.45) is 0. The van der Waals surface area contributed by atoms with Crippen LogP contribution in [0.5, 0.6) is 0 Å². The van der Waals surface area contributed by atoms with Crippen LogP contribution < -0.4 is 22.1 Å². The topological polar surface area (TPSA) is 124 Å². The third-order valence-corrected chi connectivity index (χ3v) is 3.18. The van der Waals surface area contributed by atoms with E-state index in [0.717, 1.165) is 24.5 Å². The zero-order chi connectivity index (χ0) is 15.9. The van der Waals surface area contributed by atoms with Gasteiger partial charge in [0.1, 0.15) is 11.7 Å². The monoisotopic (exact) mass is 368 g/mol. The Balaban J connectivity index is 0.00000264. The SMILES string of the molecule is Cl.Cl.N=C(N)c1ccc(NCCNc2ccc(C(=N)N)cc2)cc1. The molecule has 24 heavy (non-hydrogen) atoms. The number of halogens is 2. The maximum Gasteiger partial charge on any atom is 0.122 e. The van der Waals surface area contributed by atoms with Crippen molar-refractivity contribution in [2.24, 2.45) is 11.5 Å². The van der Waals surface area contributed by atoms with Crippen LogP contribution in [0, 0.1) is 10.8 Å². The lowest BCUT2D eigenvalue weighted by Gasteiger charge is -2.10. The molecule has 2 aromatic rings. The molecule has 0 aliphatic rings. The van der Waals surface area contributed by atoms with Gasteiger partial charge in [-0.25, -0.2) is 0 Å². The third-order valence-electron chi connectivity index (χ3n) is 3.18. The van der Waals surface area contributed by atoms with Gasteiger partial charge in [0.2, 0.25) is 0 Å². The van der Waals surface area contributed by atoms with Crippen LogP contribution in [-0.2, 0) is 0 Å². The fraction of sp³-hybridized carbons (Fsp3) is 0.125. The van der Waals surface area contributed by atoms with Crippen molar-refractivity contribution in [2.45, 2.75) is 0 Å². The molecular weight excluding hydrogens is 347 g/mol. The maximum absolute atomic E-state index is 7.34. The average Bonchev–Trinajstić information content (AvgIpc) is 2.52. The van der Waals surface area contributed by atoms with Crippen LogP contribution in [-0.4, -0.2) is 24.8 Å². The lowest BCUT2D eigenvalue weighted by Crippen LogP contribution is -2.15. The molecule has 8 N–H and O–H groups in total. The van der Waals surface area contributed by atoms with Crippen molar-refractivity contribution in [3.63, 3.8) is 0 Å². The second kappa shape index (κ2) is 10.4. The predicted octanol–water partition coefficient (Wildman–Crippen LogP) is 2.62. The first-order chi connectivity index (χ1) is 10.6. The third kappa shape index (κ3) is 6.36. The second-order valence-corrected chi connectivity index (χ2v) is 4.84. The summed E-state index contributed by atoms with van der Waals surface area (Å²) in [4.78, 5) is 0. The Labute approximate surface area is 153 Å². The zero-order valence-electron chi connectivity index (χ0n) is 13.0. The first kappa shape index (κ1) is 21.6. The number of rotatable bonds is 7. The lowest BCUT2D eigenvalue weighted by molar-refractivity contribution is 1.08. The van der Waals surface area contributed by atoms with Crippen molar-refractivity contribution >= 4 is 47.9 Å². The number of benzene rings is 2. The van der Waals surface area contributed by atoms with Gasteiger partial charge < -0.3 is 22.1 Å². The van der Waals surface area contributed by atoms with Crippen molar-refractivity contribution in [1.29, 1.82) is 10.8 Å². The number of nitrogens with one attached hydrogen (secondary N) is 4. The van der Waals surface area contributed by atoms with Crippen LogP contribution in [0.15, 0.2) is 48.5 Å². The summed E-state index contributed by atoms with van der Waals surface area (Å²) in [5.74, 6) is 0.143.